The van der Waals surface area contributed by atoms with Crippen LogP contribution in [0.5, 0.6) is 0 Å². The second kappa shape index (κ2) is 7.94. The Morgan fingerprint density at radius 1 is 1.26 bits per heavy atom. The van der Waals surface area contributed by atoms with Crippen molar-refractivity contribution < 1.29 is 8.81 Å². The zero-order chi connectivity index (χ0) is 18.6. The summed E-state index contributed by atoms with van der Waals surface area (Å²) in [6.45, 7) is 1.59. The topological polar surface area (TPSA) is 48.2 Å². The first-order valence-corrected chi connectivity index (χ1v) is 9.64. The lowest BCUT2D eigenvalue weighted by Gasteiger charge is -2.08. The van der Waals surface area contributed by atoms with Crippen molar-refractivity contribution in [1.29, 1.82) is 0 Å². The summed E-state index contributed by atoms with van der Waals surface area (Å²) in [5.74, 6) is 0.296. The zero-order valence-electron chi connectivity index (χ0n) is 14.3. The predicted octanol–water partition coefficient (Wildman–Crippen LogP) is 5.12. The highest BCUT2D eigenvalue weighted by Crippen LogP contribution is 2.23. The van der Waals surface area contributed by atoms with Crippen LogP contribution in [-0.4, -0.2) is 14.1 Å². The van der Waals surface area contributed by atoms with E-state index >= 15 is 0 Å². The van der Waals surface area contributed by atoms with Crippen molar-refractivity contribution in [2.45, 2.75) is 19.5 Å². The molecule has 0 saturated carbocycles. The van der Waals surface area contributed by atoms with Crippen LogP contribution in [0.1, 0.15) is 6.42 Å². The zero-order valence-corrected chi connectivity index (χ0v) is 15.8. The van der Waals surface area contributed by atoms with Gasteiger partial charge < -0.3 is 13.6 Å². The monoisotopic (exact) mass is 402 g/mol. The lowest BCUT2D eigenvalue weighted by Crippen LogP contribution is -2.17. The highest BCUT2D eigenvalue weighted by molar-refractivity contribution is 7.07. The summed E-state index contributed by atoms with van der Waals surface area (Å²) in [7, 11) is 0. The first-order chi connectivity index (χ1) is 13.2. The van der Waals surface area contributed by atoms with Crippen LogP contribution in [-0.2, 0) is 13.1 Å². The van der Waals surface area contributed by atoms with Crippen molar-refractivity contribution in [2.24, 2.45) is 4.99 Å². The fourth-order valence-corrected chi connectivity index (χ4v) is 3.81. The van der Waals surface area contributed by atoms with Gasteiger partial charge in [0, 0.05) is 36.9 Å². The van der Waals surface area contributed by atoms with Gasteiger partial charge in [-0.15, -0.1) is 11.3 Å². The molecule has 138 valence electrons. The van der Waals surface area contributed by atoms with E-state index in [0.717, 1.165) is 35.8 Å². The second-order valence-corrected chi connectivity index (χ2v) is 7.14. The normalized spacial score (nSPS) is 12.0. The molecule has 0 N–H and O–H groups in total. The van der Waals surface area contributed by atoms with E-state index in [1.807, 2.05) is 28.3 Å². The van der Waals surface area contributed by atoms with Crippen molar-refractivity contribution in [3.05, 3.63) is 76.3 Å². The Morgan fingerprint density at radius 3 is 2.93 bits per heavy atom. The van der Waals surface area contributed by atoms with Crippen molar-refractivity contribution >= 4 is 28.6 Å². The molecular weight excluding hydrogens is 387 g/mol. The molecule has 4 rings (SSSR count). The first kappa shape index (κ1) is 17.8. The van der Waals surface area contributed by atoms with Gasteiger partial charge >= 0.3 is 0 Å². The molecule has 0 fully saturated rings. The standard InChI is InChI=1S/C19H16ClFN4OS/c20-15-5-4-14(11-16(15)21)23-19-25(8-2-7-24-9-6-22-13-24)17(12-27-19)18-3-1-10-26-18/h1,3-6,9-13H,2,7-8H2. The summed E-state index contributed by atoms with van der Waals surface area (Å²) in [5.41, 5.74) is 1.47. The average Bonchev–Trinajstić information content (AvgIpc) is 3.41. The number of thiazole rings is 1. The van der Waals surface area contributed by atoms with Gasteiger partial charge in [0.05, 0.1) is 29.0 Å². The average molecular weight is 403 g/mol. The predicted molar refractivity (Wildman–Crippen MR) is 103 cm³/mol. The van der Waals surface area contributed by atoms with Crippen LogP contribution < -0.4 is 4.80 Å². The van der Waals surface area contributed by atoms with E-state index in [1.165, 1.54) is 23.5 Å². The summed E-state index contributed by atoms with van der Waals surface area (Å²) >= 11 is 7.25. The van der Waals surface area contributed by atoms with Gasteiger partial charge in [0.25, 0.3) is 0 Å². The molecule has 3 aromatic heterocycles. The summed E-state index contributed by atoms with van der Waals surface area (Å²) in [5, 5.41) is 2.09. The highest BCUT2D eigenvalue weighted by Gasteiger charge is 2.11. The maximum atomic E-state index is 13.8. The molecule has 0 bridgehead atoms. The lowest BCUT2D eigenvalue weighted by molar-refractivity contribution is 0.540. The Labute approximate surface area is 164 Å². The summed E-state index contributed by atoms with van der Waals surface area (Å²) in [6.07, 6.45) is 8.04. The number of rotatable bonds is 6. The molecule has 0 spiro atoms. The number of benzene rings is 1. The van der Waals surface area contributed by atoms with E-state index in [1.54, 1.807) is 24.9 Å². The maximum absolute atomic E-state index is 13.8. The molecule has 0 saturated heterocycles. The molecule has 27 heavy (non-hydrogen) atoms. The van der Waals surface area contributed by atoms with E-state index in [0.29, 0.717) is 5.69 Å². The molecule has 0 atom stereocenters. The van der Waals surface area contributed by atoms with Crippen molar-refractivity contribution in [1.82, 2.24) is 14.1 Å². The Balaban J connectivity index is 1.67. The lowest BCUT2D eigenvalue weighted by atomic mass is 10.3. The number of imidazole rings is 1. The number of aryl methyl sites for hydroxylation is 1. The molecular formula is C19H16ClFN4OS. The number of nitrogens with zero attached hydrogens (tertiary/aromatic N) is 4. The molecule has 1 aromatic carbocycles. The molecule has 5 nitrogen and oxygen atoms in total. The van der Waals surface area contributed by atoms with Gasteiger partial charge in [0.15, 0.2) is 10.6 Å². The van der Waals surface area contributed by atoms with E-state index in [-0.39, 0.29) is 5.02 Å². The van der Waals surface area contributed by atoms with Crippen LogP contribution in [0.4, 0.5) is 10.1 Å². The Hall–Kier alpha value is -2.64. The van der Waals surface area contributed by atoms with E-state index < -0.39 is 5.82 Å². The van der Waals surface area contributed by atoms with E-state index in [9.17, 15) is 4.39 Å². The molecule has 8 heteroatoms. The molecule has 0 aliphatic carbocycles. The van der Waals surface area contributed by atoms with Crippen molar-refractivity contribution in [3.63, 3.8) is 0 Å². The minimum Gasteiger partial charge on any atom is -0.463 e. The third kappa shape index (κ3) is 4.04. The Kier molecular flexibility index (Phi) is 5.22. The van der Waals surface area contributed by atoms with E-state index in [4.69, 9.17) is 16.0 Å². The molecule has 0 aliphatic rings. The third-order valence-corrected chi connectivity index (χ3v) is 5.23. The number of furan rings is 1. The number of hydrogen-bond donors (Lipinski definition) is 0. The van der Waals surface area contributed by atoms with Gasteiger partial charge in [-0.1, -0.05) is 11.6 Å². The fourth-order valence-electron chi connectivity index (χ4n) is 2.75. The minimum atomic E-state index is -0.479. The third-order valence-electron chi connectivity index (χ3n) is 4.06. The van der Waals surface area contributed by atoms with Crippen LogP contribution in [0.2, 0.25) is 5.02 Å². The van der Waals surface area contributed by atoms with Gasteiger partial charge in [-0.2, -0.15) is 0 Å². The van der Waals surface area contributed by atoms with Crippen molar-refractivity contribution in [3.8, 4) is 11.5 Å². The molecule has 0 unspecified atom stereocenters. The number of hydrogen-bond acceptors (Lipinski definition) is 4. The van der Waals surface area contributed by atoms with Gasteiger partial charge in [0.1, 0.15) is 5.82 Å². The quantitative estimate of drug-likeness (QED) is 0.449. The Morgan fingerprint density at radius 2 is 2.19 bits per heavy atom. The van der Waals surface area contributed by atoms with Gasteiger partial charge in [0.2, 0.25) is 0 Å². The fraction of sp³-hybridized carbons (Fsp3) is 0.158. The molecule has 0 radical (unpaired) electrons. The number of aromatic nitrogens is 3. The maximum Gasteiger partial charge on any atom is 0.190 e. The second-order valence-electron chi connectivity index (χ2n) is 5.90. The summed E-state index contributed by atoms with van der Waals surface area (Å²) < 4.78 is 23.4. The molecule has 3 heterocycles. The summed E-state index contributed by atoms with van der Waals surface area (Å²) in [6, 6.07) is 8.33. The van der Waals surface area contributed by atoms with Crippen LogP contribution in [0.25, 0.3) is 11.5 Å². The van der Waals surface area contributed by atoms with E-state index in [2.05, 4.69) is 14.5 Å². The van der Waals surface area contributed by atoms with Gasteiger partial charge in [-0.3, -0.25) is 0 Å². The smallest absolute Gasteiger partial charge is 0.190 e. The van der Waals surface area contributed by atoms with Crippen LogP contribution >= 0.6 is 22.9 Å². The van der Waals surface area contributed by atoms with Crippen LogP contribution in [0.3, 0.4) is 0 Å². The largest absolute Gasteiger partial charge is 0.463 e. The SMILES string of the molecule is Fc1cc(N=c2scc(-c3ccco3)n2CCCn2ccnc2)ccc1Cl. The molecule has 0 amide bonds. The van der Waals surface area contributed by atoms with Crippen molar-refractivity contribution in [2.75, 3.05) is 0 Å². The van der Waals surface area contributed by atoms with Gasteiger partial charge in [-0.25, -0.2) is 14.4 Å². The minimum absolute atomic E-state index is 0.0876. The Bertz CT molecular complexity index is 1080. The van der Waals surface area contributed by atoms with Crippen LogP contribution in [0, 0.1) is 5.82 Å². The van der Waals surface area contributed by atoms with Crippen LogP contribution in [0.15, 0.2) is 70.1 Å². The molecule has 0 aliphatic heterocycles. The number of halogens is 2. The molecule has 4 aromatic rings. The van der Waals surface area contributed by atoms with Gasteiger partial charge in [-0.05, 0) is 30.7 Å². The first-order valence-electron chi connectivity index (χ1n) is 8.38. The highest BCUT2D eigenvalue weighted by atomic mass is 35.5. The summed E-state index contributed by atoms with van der Waals surface area (Å²) in [4.78, 5) is 9.45.